The Bertz CT molecular complexity index is 601. The minimum Gasteiger partial charge on any atom is -0.495 e. The number of carbonyl (C=O) groups excluding carboxylic acids is 1. The molecule has 0 unspecified atom stereocenters. The van der Waals surface area contributed by atoms with E-state index in [1.165, 1.54) is 7.11 Å². The van der Waals surface area contributed by atoms with Crippen molar-refractivity contribution in [2.24, 2.45) is 5.92 Å². The van der Waals surface area contributed by atoms with E-state index in [1.54, 1.807) is 18.2 Å². The van der Waals surface area contributed by atoms with E-state index in [0.29, 0.717) is 29.3 Å². The largest absolute Gasteiger partial charge is 0.495 e. The van der Waals surface area contributed by atoms with Crippen LogP contribution in [0.25, 0.3) is 0 Å². The summed E-state index contributed by atoms with van der Waals surface area (Å²) in [7, 11) is -1.46. The quantitative estimate of drug-likeness (QED) is 0.926. The molecule has 1 heterocycles. The van der Waals surface area contributed by atoms with E-state index >= 15 is 0 Å². The summed E-state index contributed by atoms with van der Waals surface area (Å²) < 4.78 is 27.9. The highest BCUT2D eigenvalue weighted by molar-refractivity contribution is 7.91. The van der Waals surface area contributed by atoms with Crippen molar-refractivity contribution < 1.29 is 17.9 Å². The smallest absolute Gasteiger partial charge is 0.227 e. The fourth-order valence-corrected chi connectivity index (χ4v) is 3.83. The number of benzene rings is 1. The van der Waals surface area contributed by atoms with Crippen LogP contribution < -0.4 is 10.1 Å². The molecule has 0 radical (unpaired) electrons. The van der Waals surface area contributed by atoms with Crippen molar-refractivity contribution in [1.29, 1.82) is 0 Å². The van der Waals surface area contributed by atoms with Crippen LogP contribution in [0.15, 0.2) is 18.2 Å². The van der Waals surface area contributed by atoms with Crippen LogP contribution in [0, 0.1) is 5.92 Å². The second-order valence-corrected chi connectivity index (χ2v) is 7.50. The van der Waals surface area contributed by atoms with E-state index in [-0.39, 0.29) is 23.3 Å². The minimum absolute atomic E-state index is 0.0672. The molecule has 0 bridgehead atoms. The molecular formula is C13H16ClNO4S. The average molecular weight is 318 g/mol. The molecule has 110 valence electrons. The molecule has 0 atom stereocenters. The monoisotopic (exact) mass is 317 g/mol. The van der Waals surface area contributed by atoms with Gasteiger partial charge in [-0.2, -0.15) is 0 Å². The molecular weight excluding hydrogens is 302 g/mol. The molecule has 1 aliphatic rings. The third-order valence-electron chi connectivity index (χ3n) is 3.34. The van der Waals surface area contributed by atoms with Crippen LogP contribution in [0.4, 0.5) is 5.69 Å². The van der Waals surface area contributed by atoms with Gasteiger partial charge in [0, 0.05) is 10.9 Å². The van der Waals surface area contributed by atoms with E-state index in [0.717, 1.165) is 0 Å². The zero-order valence-electron chi connectivity index (χ0n) is 11.1. The molecule has 0 aliphatic carbocycles. The number of hydrogen-bond acceptors (Lipinski definition) is 4. The molecule has 0 aromatic heterocycles. The Morgan fingerprint density at radius 1 is 1.35 bits per heavy atom. The highest BCUT2D eigenvalue weighted by Gasteiger charge is 2.28. The molecule has 1 aromatic carbocycles. The number of ether oxygens (including phenoxy) is 1. The SMILES string of the molecule is COc1ccc(Cl)cc1NC(=O)C1CCS(=O)(=O)CC1. The Morgan fingerprint density at radius 3 is 2.60 bits per heavy atom. The molecule has 5 nitrogen and oxygen atoms in total. The number of rotatable bonds is 3. The Hall–Kier alpha value is -1.27. The Morgan fingerprint density at radius 2 is 2.00 bits per heavy atom. The first-order valence-corrected chi connectivity index (χ1v) is 8.46. The minimum atomic E-state index is -2.97. The van der Waals surface area contributed by atoms with Gasteiger partial charge in [-0.3, -0.25) is 4.79 Å². The molecule has 2 rings (SSSR count). The van der Waals surface area contributed by atoms with Gasteiger partial charge in [0.25, 0.3) is 0 Å². The first-order chi connectivity index (χ1) is 9.41. The fraction of sp³-hybridized carbons (Fsp3) is 0.462. The van der Waals surface area contributed by atoms with E-state index in [1.807, 2.05) is 0 Å². The number of anilines is 1. The summed E-state index contributed by atoms with van der Waals surface area (Å²) in [6.07, 6.45) is 0.716. The number of methoxy groups -OCH3 is 1. The lowest BCUT2D eigenvalue weighted by Gasteiger charge is -2.21. The third kappa shape index (κ3) is 3.64. The van der Waals surface area contributed by atoms with E-state index in [9.17, 15) is 13.2 Å². The van der Waals surface area contributed by atoms with Gasteiger partial charge in [-0.1, -0.05) is 11.6 Å². The normalized spacial score (nSPS) is 18.5. The predicted molar refractivity (Wildman–Crippen MR) is 78.0 cm³/mol. The zero-order valence-corrected chi connectivity index (χ0v) is 12.6. The van der Waals surface area contributed by atoms with Gasteiger partial charge < -0.3 is 10.1 Å². The van der Waals surface area contributed by atoms with Crippen molar-refractivity contribution in [2.45, 2.75) is 12.8 Å². The van der Waals surface area contributed by atoms with E-state index in [4.69, 9.17) is 16.3 Å². The fourth-order valence-electron chi connectivity index (χ4n) is 2.16. The van der Waals surface area contributed by atoms with E-state index < -0.39 is 9.84 Å². The van der Waals surface area contributed by atoms with Gasteiger partial charge in [0.05, 0.1) is 24.3 Å². The molecule has 1 N–H and O–H groups in total. The molecule has 1 amide bonds. The first kappa shape index (κ1) is 15.1. The Labute approximate surface area is 123 Å². The second-order valence-electron chi connectivity index (χ2n) is 4.76. The summed E-state index contributed by atoms with van der Waals surface area (Å²) >= 11 is 5.89. The van der Waals surface area contributed by atoms with E-state index in [2.05, 4.69) is 5.32 Å². The van der Waals surface area contributed by atoms with Crippen molar-refractivity contribution in [1.82, 2.24) is 0 Å². The third-order valence-corrected chi connectivity index (χ3v) is 5.30. The maximum Gasteiger partial charge on any atom is 0.227 e. The van der Waals surface area contributed by atoms with Crippen molar-refractivity contribution in [3.63, 3.8) is 0 Å². The summed E-state index contributed by atoms with van der Waals surface area (Å²) in [4.78, 5) is 12.2. The maximum atomic E-state index is 12.2. The van der Waals surface area contributed by atoms with Crippen molar-refractivity contribution in [3.05, 3.63) is 23.2 Å². The summed E-state index contributed by atoms with van der Waals surface area (Å²) in [5.41, 5.74) is 0.499. The number of nitrogens with one attached hydrogen (secondary N) is 1. The Balaban J connectivity index is 2.07. The molecule has 1 aliphatic heterocycles. The molecule has 1 saturated heterocycles. The number of amides is 1. The standard InChI is InChI=1S/C13H16ClNO4S/c1-19-12-3-2-10(14)8-11(12)15-13(16)9-4-6-20(17,18)7-5-9/h2-3,8-9H,4-7H2,1H3,(H,15,16). The van der Waals surface area contributed by atoms with Crippen LogP contribution in [0.3, 0.4) is 0 Å². The van der Waals surface area contributed by atoms with Gasteiger partial charge in [-0.15, -0.1) is 0 Å². The van der Waals surface area contributed by atoms with Gasteiger partial charge >= 0.3 is 0 Å². The van der Waals surface area contributed by atoms with Crippen LogP contribution >= 0.6 is 11.6 Å². The van der Waals surface area contributed by atoms with Crippen LogP contribution in [-0.2, 0) is 14.6 Å². The zero-order chi connectivity index (χ0) is 14.8. The van der Waals surface area contributed by atoms with Crippen LogP contribution in [-0.4, -0.2) is 32.9 Å². The van der Waals surface area contributed by atoms with Crippen LogP contribution in [0.1, 0.15) is 12.8 Å². The van der Waals surface area contributed by atoms with Gasteiger partial charge in [0.1, 0.15) is 15.6 Å². The lowest BCUT2D eigenvalue weighted by atomic mass is 10.0. The highest BCUT2D eigenvalue weighted by Crippen LogP contribution is 2.29. The predicted octanol–water partition coefficient (Wildman–Crippen LogP) is 2.11. The van der Waals surface area contributed by atoms with Crippen molar-refractivity contribution in [2.75, 3.05) is 23.9 Å². The number of hydrogen-bond donors (Lipinski definition) is 1. The van der Waals surface area contributed by atoms with Crippen LogP contribution in [0.2, 0.25) is 5.02 Å². The number of halogens is 1. The summed E-state index contributed by atoms with van der Waals surface area (Å²) in [5, 5.41) is 3.25. The topological polar surface area (TPSA) is 72.5 Å². The molecule has 0 spiro atoms. The molecule has 1 fully saturated rings. The summed E-state index contributed by atoms with van der Waals surface area (Å²) in [5.74, 6) is 0.170. The lowest BCUT2D eigenvalue weighted by molar-refractivity contribution is -0.120. The first-order valence-electron chi connectivity index (χ1n) is 6.26. The Kier molecular flexibility index (Phi) is 4.55. The van der Waals surface area contributed by atoms with Gasteiger partial charge in [0.15, 0.2) is 0 Å². The molecule has 20 heavy (non-hydrogen) atoms. The average Bonchev–Trinajstić information content (AvgIpc) is 2.38. The number of sulfone groups is 1. The second kappa shape index (κ2) is 6.01. The lowest BCUT2D eigenvalue weighted by Crippen LogP contribution is -2.31. The molecule has 0 saturated carbocycles. The van der Waals surface area contributed by atoms with Gasteiger partial charge in [0.2, 0.25) is 5.91 Å². The van der Waals surface area contributed by atoms with Crippen LogP contribution in [0.5, 0.6) is 5.75 Å². The van der Waals surface area contributed by atoms with Crippen molar-refractivity contribution >= 4 is 33.0 Å². The molecule has 1 aromatic rings. The molecule has 7 heteroatoms. The summed E-state index contributed by atoms with van der Waals surface area (Å²) in [6.45, 7) is 0. The maximum absolute atomic E-state index is 12.2. The van der Waals surface area contributed by atoms with Gasteiger partial charge in [-0.05, 0) is 31.0 Å². The van der Waals surface area contributed by atoms with Crippen molar-refractivity contribution in [3.8, 4) is 5.75 Å². The summed E-state index contributed by atoms with van der Waals surface area (Å²) in [6, 6.07) is 4.95. The van der Waals surface area contributed by atoms with Gasteiger partial charge in [-0.25, -0.2) is 8.42 Å². The number of carbonyl (C=O) groups is 1. The highest BCUT2D eigenvalue weighted by atomic mass is 35.5.